The molecule has 2 fully saturated rings. The molecule has 130 valence electrons. The third-order valence-corrected chi connectivity index (χ3v) is 5.72. The number of hydrogen-bond donors (Lipinski definition) is 1. The molecule has 1 aromatic rings. The second-order valence-electron chi connectivity index (χ2n) is 6.22. The van der Waals surface area contributed by atoms with Gasteiger partial charge in [0.1, 0.15) is 0 Å². The first kappa shape index (κ1) is 17.6. The van der Waals surface area contributed by atoms with Crippen molar-refractivity contribution in [2.24, 2.45) is 0 Å². The van der Waals surface area contributed by atoms with Crippen molar-refractivity contribution in [1.82, 2.24) is 15.1 Å². The minimum Gasteiger partial charge on any atom is -0.352 e. The van der Waals surface area contributed by atoms with Gasteiger partial charge in [-0.25, -0.2) is 0 Å². The van der Waals surface area contributed by atoms with E-state index in [0.717, 1.165) is 30.8 Å². The summed E-state index contributed by atoms with van der Waals surface area (Å²) in [7, 11) is 0. The van der Waals surface area contributed by atoms with E-state index in [1.165, 1.54) is 11.8 Å². The van der Waals surface area contributed by atoms with E-state index in [9.17, 15) is 9.59 Å². The van der Waals surface area contributed by atoms with E-state index in [1.54, 1.807) is 0 Å². The van der Waals surface area contributed by atoms with Crippen molar-refractivity contribution in [3.05, 3.63) is 29.3 Å². The van der Waals surface area contributed by atoms with Gasteiger partial charge in [-0.15, -0.1) is 11.8 Å². The second kappa shape index (κ2) is 8.23. The molecule has 0 aromatic heterocycles. The zero-order chi connectivity index (χ0) is 16.9. The lowest BCUT2D eigenvalue weighted by Gasteiger charge is -2.34. The summed E-state index contributed by atoms with van der Waals surface area (Å²) in [6.07, 6.45) is 2.22. The van der Waals surface area contributed by atoms with Crippen molar-refractivity contribution >= 4 is 35.2 Å². The Labute approximate surface area is 151 Å². The molecule has 7 heteroatoms. The Morgan fingerprint density at radius 1 is 1.17 bits per heavy atom. The number of rotatable bonds is 6. The molecule has 1 saturated carbocycles. The van der Waals surface area contributed by atoms with E-state index in [1.807, 2.05) is 29.2 Å². The molecule has 0 bridgehead atoms. The number of halogens is 1. The van der Waals surface area contributed by atoms with Gasteiger partial charge < -0.3 is 10.2 Å². The number of amides is 2. The fraction of sp³-hybridized carbons (Fsp3) is 0.529. The number of carbonyl (C=O) groups is 2. The molecular formula is C17H22ClN3O2S. The van der Waals surface area contributed by atoms with Crippen LogP contribution >= 0.6 is 23.4 Å². The number of benzene rings is 1. The summed E-state index contributed by atoms with van der Waals surface area (Å²) in [6.45, 7) is 3.30. The van der Waals surface area contributed by atoms with Crippen LogP contribution < -0.4 is 5.32 Å². The van der Waals surface area contributed by atoms with E-state index >= 15 is 0 Å². The molecule has 5 nitrogen and oxygen atoms in total. The van der Waals surface area contributed by atoms with Gasteiger partial charge in [-0.2, -0.15) is 0 Å². The van der Waals surface area contributed by atoms with E-state index in [2.05, 4.69) is 10.2 Å². The van der Waals surface area contributed by atoms with Gasteiger partial charge >= 0.3 is 0 Å². The molecular weight excluding hydrogens is 346 g/mol. The van der Waals surface area contributed by atoms with Crippen LogP contribution in [-0.4, -0.2) is 66.1 Å². The van der Waals surface area contributed by atoms with Gasteiger partial charge in [-0.05, 0) is 25.0 Å². The Morgan fingerprint density at radius 3 is 2.54 bits per heavy atom. The van der Waals surface area contributed by atoms with Gasteiger partial charge in [-0.3, -0.25) is 14.5 Å². The Morgan fingerprint density at radius 2 is 1.88 bits per heavy atom. The van der Waals surface area contributed by atoms with Gasteiger partial charge in [0.25, 0.3) is 0 Å². The van der Waals surface area contributed by atoms with Gasteiger partial charge in [-0.1, -0.05) is 23.7 Å². The molecule has 1 heterocycles. The number of piperazine rings is 1. The maximum Gasteiger partial charge on any atom is 0.234 e. The summed E-state index contributed by atoms with van der Waals surface area (Å²) in [5, 5.41) is 3.68. The minimum absolute atomic E-state index is 0.103. The molecule has 2 amide bonds. The van der Waals surface area contributed by atoms with Crippen LogP contribution in [0.1, 0.15) is 12.8 Å². The number of carbonyl (C=O) groups excluding carboxylic acids is 2. The van der Waals surface area contributed by atoms with E-state index in [0.29, 0.717) is 36.5 Å². The smallest absolute Gasteiger partial charge is 0.234 e. The minimum atomic E-state index is 0.103. The molecule has 0 spiro atoms. The molecule has 1 N–H and O–H groups in total. The predicted molar refractivity (Wildman–Crippen MR) is 96.4 cm³/mol. The zero-order valence-electron chi connectivity index (χ0n) is 13.5. The summed E-state index contributed by atoms with van der Waals surface area (Å²) >= 11 is 7.58. The predicted octanol–water partition coefficient (Wildman–Crippen LogP) is 1.85. The Kier molecular flexibility index (Phi) is 6.03. The van der Waals surface area contributed by atoms with Crippen molar-refractivity contribution < 1.29 is 9.59 Å². The average Bonchev–Trinajstić information content (AvgIpc) is 3.38. The molecule has 0 atom stereocenters. The Balaban J connectivity index is 1.38. The van der Waals surface area contributed by atoms with Crippen molar-refractivity contribution in [2.75, 3.05) is 38.5 Å². The summed E-state index contributed by atoms with van der Waals surface area (Å²) in [5.41, 5.74) is 0. The maximum atomic E-state index is 12.3. The number of thioether (sulfide) groups is 1. The van der Waals surface area contributed by atoms with E-state index < -0.39 is 0 Å². The standard InChI is InChI=1S/C17H22ClN3O2S/c18-14-3-1-2-4-15(14)24-12-17(23)21-9-7-20(8-10-21)11-16(22)19-13-5-6-13/h1-4,13H,5-12H2,(H,19,22). The van der Waals surface area contributed by atoms with Crippen LogP contribution in [0.25, 0.3) is 0 Å². The first-order chi connectivity index (χ1) is 11.6. The lowest BCUT2D eigenvalue weighted by Crippen LogP contribution is -2.51. The average molecular weight is 368 g/mol. The fourth-order valence-corrected chi connectivity index (χ4v) is 3.79. The summed E-state index contributed by atoms with van der Waals surface area (Å²) < 4.78 is 0. The molecule has 0 radical (unpaired) electrons. The van der Waals surface area contributed by atoms with E-state index in [-0.39, 0.29) is 11.8 Å². The van der Waals surface area contributed by atoms with Crippen molar-refractivity contribution in [3.63, 3.8) is 0 Å². The highest BCUT2D eigenvalue weighted by atomic mass is 35.5. The van der Waals surface area contributed by atoms with Crippen LogP contribution in [0.5, 0.6) is 0 Å². The molecule has 0 unspecified atom stereocenters. The van der Waals surface area contributed by atoms with Crippen LogP contribution in [0.3, 0.4) is 0 Å². The largest absolute Gasteiger partial charge is 0.352 e. The summed E-state index contributed by atoms with van der Waals surface area (Å²) in [6, 6.07) is 7.97. The topological polar surface area (TPSA) is 52.7 Å². The molecule has 2 aliphatic rings. The van der Waals surface area contributed by atoms with Crippen LogP contribution in [0, 0.1) is 0 Å². The third kappa shape index (κ3) is 5.13. The number of hydrogen-bond acceptors (Lipinski definition) is 4. The Bertz CT molecular complexity index is 601. The molecule has 24 heavy (non-hydrogen) atoms. The van der Waals surface area contributed by atoms with Crippen LogP contribution in [-0.2, 0) is 9.59 Å². The molecule has 1 aromatic carbocycles. The summed E-state index contributed by atoms with van der Waals surface area (Å²) in [5.74, 6) is 0.625. The molecule has 1 aliphatic heterocycles. The van der Waals surface area contributed by atoms with Gasteiger partial charge in [0, 0.05) is 37.1 Å². The highest BCUT2D eigenvalue weighted by Crippen LogP contribution is 2.26. The van der Waals surface area contributed by atoms with Crippen LogP contribution in [0.15, 0.2) is 29.2 Å². The monoisotopic (exact) mass is 367 g/mol. The SMILES string of the molecule is O=C(CN1CCN(C(=O)CSc2ccccc2Cl)CC1)NC1CC1. The first-order valence-corrected chi connectivity index (χ1v) is 9.65. The third-order valence-electron chi connectivity index (χ3n) is 4.22. The van der Waals surface area contributed by atoms with Gasteiger partial charge in [0.2, 0.25) is 11.8 Å². The lowest BCUT2D eigenvalue weighted by molar-refractivity contribution is -0.130. The normalized spacial score (nSPS) is 18.5. The zero-order valence-corrected chi connectivity index (χ0v) is 15.1. The fourth-order valence-electron chi connectivity index (χ4n) is 2.65. The van der Waals surface area contributed by atoms with Gasteiger partial charge in [0.15, 0.2) is 0 Å². The highest BCUT2D eigenvalue weighted by molar-refractivity contribution is 8.00. The number of nitrogens with one attached hydrogen (secondary N) is 1. The Hall–Kier alpha value is -1.24. The quantitative estimate of drug-likeness (QED) is 0.780. The second-order valence-corrected chi connectivity index (χ2v) is 7.64. The van der Waals surface area contributed by atoms with E-state index in [4.69, 9.17) is 11.6 Å². The maximum absolute atomic E-state index is 12.3. The summed E-state index contributed by atoms with van der Waals surface area (Å²) in [4.78, 5) is 29.1. The van der Waals surface area contributed by atoms with Crippen molar-refractivity contribution in [3.8, 4) is 0 Å². The first-order valence-electron chi connectivity index (χ1n) is 8.28. The van der Waals surface area contributed by atoms with Crippen LogP contribution in [0.4, 0.5) is 0 Å². The van der Waals surface area contributed by atoms with Gasteiger partial charge in [0.05, 0.1) is 17.3 Å². The molecule has 1 saturated heterocycles. The molecule has 1 aliphatic carbocycles. The number of nitrogens with zero attached hydrogens (tertiary/aromatic N) is 2. The molecule has 3 rings (SSSR count). The van der Waals surface area contributed by atoms with Crippen molar-refractivity contribution in [1.29, 1.82) is 0 Å². The van der Waals surface area contributed by atoms with Crippen molar-refractivity contribution in [2.45, 2.75) is 23.8 Å². The highest BCUT2D eigenvalue weighted by Gasteiger charge is 2.26. The van der Waals surface area contributed by atoms with Crippen LogP contribution in [0.2, 0.25) is 5.02 Å². The lowest BCUT2D eigenvalue weighted by atomic mass is 10.3.